The molecule has 0 bridgehead atoms. The van der Waals surface area contributed by atoms with Crippen molar-refractivity contribution < 1.29 is 4.74 Å². The van der Waals surface area contributed by atoms with Gasteiger partial charge in [-0.3, -0.25) is 0 Å². The summed E-state index contributed by atoms with van der Waals surface area (Å²) in [7, 11) is 0. The first-order valence-electron chi connectivity index (χ1n) is 4.54. The molecule has 13 heavy (non-hydrogen) atoms. The van der Waals surface area contributed by atoms with Crippen molar-refractivity contribution in [2.24, 2.45) is 0 Å². The number of hydrogen-bond acceptors (Lipinski definition) is 1. The molecular formula is C12H10O. The van der Waals surface area contributed by atoms with Crippen molar-refractivity contribution in [1.82, 2.24) is 0 Å². The predicted molar refractivity (Wildman–Crippen MR) is 52.6 cm³/mol. The Labute approximate surface area is 77.0 Å². The van der Waals surface area contributed by atoms with Gasteiger partial charge in [-0.2, -0.15) is 0 Å². The molecule has 1 heterocycles. The van der Waals surface area contributed by atoms with Gasteiger partial charge in [0.2, 0.25) is 0 Å². The van der Waals surface area contributed by atoms with Gasteiger partial charge in [0.15, 0.2) is 0 Å². The summed E-state index contributed by atoms with van der Waals surface area (Å²) in [6.45, 7) is 0.887. The fourth-order valence-corrected chi connectivity index (χ4v) is 1.65. The average Bonchev–Trinajstić information content (AvgIpc) is 3.00. The largest absolute Gasteiger partial charge is 0.368 e. The lowest BCUT2D eigenvalue weighted by Crippen LogP contribution is -1.80. The van der Waals surface area contributed by atoms with Crippen LogP contribution in [0.1, 0.15) is 11.7 Å². The van der Waals surface area contributed by atoms with Crippen LogP contribution in [0.15, 0.2) is 42.5 Å². The zero-order valence-electron chi connectivity index (χ0n) is 7.23. The summed E-state index contributed by atoms with van der Waals surface area (Å²) in [6.07, 6.45) is 0.365. The maximum Gasteiger partial charge on any atom is 0.106 e. The Morgan fingerprint density at radius 2 is 1.77 bits per heavy atom. The van der Waals surface area contributed by atoms with E-state index in [9.17, 15) is 0 Å². The van der Waals surface area contributed by atoms with Crippen molar-refractivity contribution in [2.75, 3.05) is 6.61 Å². The van der Waals surface area contributed by atoms with Gasteiger partial charge < -0.3 is 4.74 Å². The van der Waals surface area contributed by atoms with E-state index in [4.69, 9.17) is 4.74 Å². The molecule has 0 spiro atoms. The molecule has 1 fully saturated rings. The molecule has 2 aromatic rings. The second-order valence-corrected chi connectivity index (χ2v) is 3.43. The van der Waals surface area contributed by atoms with Gasteiger partial charge in [-0.05, 0) is 22.4 Å². The number of rotatable bonds is 1. The second kappa shape index (κ2) is 2.57. The van der Waals surface area contributed by atoms with Crippen LogP contribution in [0.5, 0.6) is 0 Å². The lowest BCUT2D eigenvalue weighted by molar-refractivity contribution is 0.416. The Balaban J connectivity index is 2.21. The van der Waals surface area contributed by atoms with Crippen LogP contribution >= 0.6 is 0 Å². The monoisotopic (exact) mass is 170 g/mol. The van der Waals surface area contributed by atoms with Crippen LogP contribution in [-0.4, -0.2) is 6.61 Å². The van der Waals surface area contributed by atoms with Crippen LogP contribution in [0.25, 0.3) is 10.8 Å². The molecule has 1 atom stereocenters. The molecule has 1 saturated heterocycles. The maximum absolute atomic E-state index is 5.24. The van der Waals surface area contributed by atoms with E-state index in [-0.39, 0.29) is 0 Å². The normalized spacial score (nSPS) is 20.5. The average molecular weight is 170 g/mol. The molecule has 0 aliphatic carbocycles. The van der Waals surface area contributed by atoms with Crippen molar-refractivity contribution in [3.63, 3.8) is 0 Å². The Kier molecular flexibility index (Phi) is 1.41. The van der Waals surface area contributed by atoms with Gasteiger partial charge in [0.1, 0.15) is 6.10 Å². The summed E-state index contributed by atoms with van der Waals surface area (Å²) in [5.74, 6) is 0. The highest BCUT2D eigenvalue weighted by atomic mass is 16.6. The van der Waals surface area contributed by atoms with Gasteiger partial charge in [0.05, 0.1) is 6.61 Å². The zero-order chi connectivity index (χ0) is 8.67. The third-order valence-corrected chi connectivity index (χ3v) is 2.48. The standard InChI is InChI=1S/C12H10O/c1-2-4-10-7-11(12-8-13-12)6-5-9(10)3-1/h1-7,12H,8H2. The molecule has 1 unspecified atom stereocenters. The van der Waals surface area contributed by atoms with Crippen molar-refractivity contribution in [3.05, 3.63) is 48.0 Å². The van der Waals surface area contributed by atoms with Crippen molar-refractivity contribution in [1.29, 1.82) is 0 Å². The summed E-state index contributed by atoms with van der Waals surface area (Å²) < 4.78 is 5.24. The van der Waals surface area contributed by atoms with E-state index < -0.39 is 0 Å². The van der Waals surface area contributed by atoms with E-state index in [1.165, 1.54) is 16.3 Å². The van der Waals surface area contributed by atoms with Crippen molar-refractivity contribution in [3.8, 4) is 0 Å². The number of fused-ring (bicyclic) bond motifs is 1. The molecule has 0 aromatic heterocycles. The molecule has 1 aliphatic rings. The third kappa shape index (κ3) is 1.21. The first-order valence-corrected chi connectivity index (χ1v) is 4.54. The van der Waals surface area contributed by atoms with Crippen LogP contribution in [0.2, 0.25) is 0 Å². The summed E-state index contributed by atoms with van der Waals surface area (Å²) >= 11 is 0. The molecule has 1 heteroatoms. The number of ether oxygens (including phenoxy) is 1. The minimum absolute atomic E-state index is 0.365. The fraction of sp³-hybridized carbons (Fsp3) is 0.167. The molecule has 2 aromatic carbocycles. The van der Waals surface area contributed by atoms with Crippen LogP contribution < -0.4 is 0 Å². The zero-order valence-corrected chi connectivity index (χ0v) is 7.23. The van der Waals surface area contributed by atoms with E-state index in [2.05, 4.69) is 42.5 Å². The van der Waals surface area contributed by atoms with Crippen molar-refractivity contribution >= 4 is 10.8 Å². The molecule has 1 aliphatic heterocycles. The minimum atomic E-state index is 0.365. The fourth-order valence-electron chi connectivity index (χ4n) is 1.65. The Bertz CT molecular complexity index is 444. The van der Waals surface area contributed by atoms with E-state index >= 15 is 0 Å². The lowest BCUT2D eigenvalue weighted by atomic mass is 10.1. The third-order valence-electron chi connectivity index (χ3n) is 2.48. The molecule has 3 rings (SSSR count). The van der Waals surface area contributed by atoms with E-state index in [1.807, 2.05) is 0 Å². The topological polar surface area (TPSA) is 12.5 Å². The maximum atomic E-state index is 5.24. The highest BCUT2D eigenvalue weighted by molar-refractivity contribution is 5.83. The van der Waals surface area contributed by atoms with Crippen molar-refractivity contribution in [2.45, 2.75) is 6.10 Å². The van der Waals surface area contributed by atoms with Gasteiger partial charge in [-0.25, -0.2) is 0 Å². The Morgan fingerprint density at radius 1 is 1.00 bits per heavy atom. The molecule has 1 nitrogen and oxygen atoms in total. The quantitative estimate of drug-likeness (QED) is 0.599. The Morgan fingerprint density at radius 3 is 2.54 bits per heavy atom. The summed E-state index contributed by atoms with van der Waals surface area (Å²) in [6, 6.07) is 14.9. The first-order chi connectivity index (χ1) is 6.43. The summed E-state index contributed by atoms with van der Waals surface area (Å²) in [4.78, 5) is 0. The Hall–Kier alpha value is -1.34. The summed E-state index contributed by atoms with van der Waals surface area (Å²) in [5.41, 5.74) is 1.30. The van der Waals surface area contributed by atoms with E-state index in [0.717, 1.165) is 6.61 Å². The molecule has 0 radical (unpaired) electrons. The van der Waals surface area contributed by atoms with Gasteiger partial charge in [0, 0.05) is 0 Å². The predicted octanol–water partition coefficient (Wildman–Crippen LogP) is 2.91. The number of epoxide rings is 1. The highest BCUT2D eigenvalue weighted by Crippen LogP contribution is 2.31. The molecule has 0 saturated carbocycles. The smallest absolute Gasteiger partial charge is 0.106 e. The van der Waals surface area contributed by atoms with Gasteiger partial charge >= 0.3 is 0 Å². The van der Waals surface area contributed by atoms with E-state index in [0.29, 0.717) is 6.10 Å². The number of benzene rings is 2. The summed E-state index contributed by atoms with van der Waals surface area (Å²) in [5, 5.41) is 2.60. The number of hydrogen-bond donors (Lipinski definition) is 0. The van der Waals surface area contributed by atoms with Crippen LogP contribution in [0, 0.1) is 0 Å². The molecule has 0 N–H and O–H groups in total. The highest BCUT2D eigenvalue weighted by Gasteiger charge is 2.24. The first kappa shape index (κ1) is 7.10. The van der Waals surface area contributed by atoms with Gasteiger partial charge in [-0.1, -0.05) is 36.4 Å². The minimum Gasteiger partial charge on any atom is -0.368 e. The van der Waals surface area contributed by atoms with Crippen LogP contribution in [-0.2, 0) is 4.74 Å². The van der Waals surface area contributed by atoms with Crippen LogP contribution in [0.4, 0.5) is 0 Å². The second-order valence-electron chi connectivity index (χ2n) is 3.43. The van der Waals surface area contributed by atoms with Crippen LogP contribution in [0.3, 0.4) is 0 Å². The SMILES string of the molecule is c1ccc2cc(C3CO3)ccc2c1. The van der Waals surface area contributed by atoms with Gasteiger partial charge in [-0.15, -0.1) is 0 Å². The molecule has 0 amide bonds. The van der Waals surface area contributed by atoms with Gasteiger partial charge in [0.25, 0.3) is 0 Å². The van der Waals surface area contributed by atoms with E-state index in [1.54, 1.807) is 0 Å². The molecule has 64 valence electrons. The lowest BCUT2D eigenvalue weighted by Gasteiger charge is -1.99. The molecular weight excluding hydrogens is 160 g/mol.